The molecular weight excluding hydrogens is 214 g/mol. The van der Waals surface area contributed by atoms with Gasteiger partial charge >= 0.3 is 0 Å². The number of hydrogen-bond donors (Lipinski definition) is 1. The van der Waals surface area contributed by atoms with Crippen LogP contribution in [-0.2, 0) is 4.74 Å². The molecule has 2 fully saturated rings. The van der Waals surface area contributed by atoms with Crippen LogP contribution in [-0.4, -0.2) is 74.9 Å². The van der Waals surface area contributed by atoms with Gasteiger partial charge in [-0.2, -0.15) is 0 Å². The van der Waals surface area contributed by atoms with E-state index in [0.717, 1.165) is 32.8 Å². The lowest BCUT2D eigenvalue weighted by Gasteiger charge is -2.35. The van der Waals surface area contributed by atoms with Crippen LogP contribution in [0.25, 0.3) is 0 Å². The fraction of sp³-hybridized carbons (Fsp3) is 1.00. The average molecular weight is 241 g/mol. The third-order valence-electron chi connectivity index (χ3n) is 3.83. The van der Waals surface area contributed by atoms with E-state index in [-0.39, 0.29) is 0 Å². The van der Waals surface area contributed by atoms with Crippen LogP contribution in [0.1, 0.15) is 19.8 Å². The molecule has 0 aromatic rings. The predicted molar refractivity (Wildman–Crippen MR) is 70.4 cm³/mol. The maximum atomic E-state index is 5.85. The quantitative estimate of drug-likeness (QED) is 0.757. The van der Waals surface area contributed by atoms with E-state index in [9.17, 15) is 0 Å². The fourth-order valence-electron chi connectivity index (χ4n) is 2.69. The van der Waals surface area contributed by atoms with E-state index >= 15 is 0 Å². The Bertz CT molecular complexity index is 225. The van der Waals surface area contributed by atoms with Crippen molar-refractivity contribution in [2.24, 2.45) is 0 Å². The molecule has 2 rings (SSSR count). The van der Waals surface area contributed by atoms with Crippen molar-refractivity contribution >= 4 is 0 Å². The Morgan fingerprint density at radius 2 is 2.18 bits per heavy atom. The van der Waals surface area contributed by atoms with Gasteiger partial charge in [-0.25, -0.2) is 0 Å². The summed E-state index contributed by atoms with van der Waals surface area (Å²) in [6.07, 6.45) is 2.92. The highest BCUT2D eigenvalue weighted by molar-refractivity contribution is 4.76. The van der Waals surface area contributed by atoms with Gasteiger partial charge in [0, 0.05) is 25.7 Å². The SMILES string of the molecule is CC1CCN(CC2CN(C)CCO2)CCCN1. The number of rotatable bonds is 2. The van der Waals surface area contributed by atoms with Crippen molar-refractivity contribution in [1.82, 2.24) is 15.1 Å². The van der Waals surface area contributed by atoms with Crippen molar-refractivity contribution in [3.63, 3.8) is 0 Å². The summed E-state index contributed by atoms with van der Waals surface area (Å²) in [6, 6.07) is 0.660. The Kier molecular flexibility index (Phi) is 5.22. The van der Waals surface area contributed by atoms with E-state index in [2.05, 4.69) is 29.1 Å². The van der Waals surface area contributed by atoms with Gasteiger partial charge in [-0.1, -0.05) is 0 Å². The molecule has 4 heteroatoms. The molecule has 100 valence electrons. The number of likely N-dealkylation sites (N-methyl/N-ethyl adjacent to an activating group) is 1. The molecule has 2 saturated heterocycles. The molecule has 2 aliphatic heterocycles. The predicted octanol–water partition coefficient (Wildman–Crippen LogP) is 0.391. The molecule has 2 unspecified atom stereocenters. The maximum Gasteiger partial charge on any atom is 0.0829 e. The van der Waals surface area contributed by atoms with Gasteiger partial charge in [0.1, 0.15) is 0 Å². The summed E-state index contributed by atoms with van der Waals surface area (Å²) in [5.74, 6) is 0. The molecule has 2 heterocycles. The normalized spacial score (nSPS) is 34.2. The topological polar surface area (TPSA) is 27.7 Å². The fourth-order valence-corrected chi connectivity index (χ4v) is 2.69. The molecule has 17 heavy (non-hydrogen) atoms. The minimum atomic E-state index is 0.413. The summed E-state index contributed by atoms with van der Waals surface area (Å²) >= 11 is 0. The van der Waals surface area contributed by atoms with Crippen molar-refractivity contribution in [2.75, 3.05) is 52.9 Å². The highest BCUT2D eigenvalue weighted by Gasteiger charge is 2.21. The number of nitrogens with zero attached hydrogens (tertiary/aromatic N) is 2. The number of nitrogens with one attached hydrogen (secondary N) is 1. The summed E-state index contributed by atoms with van der Waals surface area (Å²) < 4.78 is 5.85. The van der Waals surface area contributed by atoms with Crippen molar-refractivity contribution in [3.05, 3.63) is 0 Å². The molecule has 4 nitrogen and oxygen atoms in total. The highest BCUT2D eigenvalue weighted by Crippen LogP contribution is 2.08. The van der Waals surface area contributed by atoms with Crippen LogP contribution in [0, 0.1) is 0 Å². The van der Waals surface area contributed by atoms with E-state index in [1.54, 1.807) is 0 Å². The van der Waals surface area contributed by atoms with Gasteiger partial charge in [0.2, 0.25) is 0 Å². The van der Waals surface area contributed by atoms with Gasteiger partial charge in [0.25, 0.3) is 0 Å². The zero-order valence-electron chi connectivity index (χ0n) is 11.3. The van der Waals surface area contributed by atoms with Crippen molar-refractivity contribution in [3.8, 4) is 0 Å². The van der Waals surface area contributed by atoms with Gasteiger partial charge in [0.05, 0.1) is 12.7 Å². The number of morpholine rings is 1. The van der Waals surface area contributed by atoms with Crippen LogP contribution in [0.2, 0.25) is 0 Å². The van der Waals surface area contributed by atoms with Crippen molar-refractivity contribution in [1.29, 1.82) is 0 Å². The zero-order chi connectivity index (χ0) is 12.1. The molecule has 1 N–H and O–H groups in total. The van der Waals surface area contributed by atoms with Crippen LogP contribution >= 0.6 is 0 Å². The van der Waals surface area contributed by atoms with E-state index in [0.29, 0.717) is 12.1 Å². The number of hydrogen-bond acceptors (Lipinski definition) is 4. The molecule has 0 aromatic carbocycles. The van der Waals surface area contributed by atoms with Gasteiger partial charge in [-0.05, 0) is 46.4 Å². The molecule has 2 aliphatic rings. The zero-order valence-corrected chi connectivity index (χ0v) is 11.3. The lowest BCUT2D eigenvalue weighted by Crippen LogP contribution is -2.48. The third kappa shape index (κ3) is 4.54. The lowest BCUT2D eigenvalue weighted by atomic mass is 10.1. The van der Waals surface area contributed by atoms with Crippen LogP contribution < -0.4 is 5.32 Å². The molecule has 0 saturated carbocycles. The number of ether oxygens (including phenoxy) is 1. The second-order valence-electron chi connectivity index (χ2n) is 5.55. The lowest BCUT2D eigenvalue weighted by molar-refractivity contribution is -0.0365. The molecule has 0 radical (unpaired) electrons. The molecular formula is C13H27N3O. The first-order chi connectivity index (χ1) is 8.24. The second kappa shape index (κ2) is 6.69. The summed E-state index contributed by atoms with van der Waals surface area (Å²) in [7, 11) is 2.19. The Labute approximate surface area is 105 Å². The van der Waals surface area contributed by atoms with E-state index in [1.165, 1.54) is 25.9 Å². The van der Waals surface area contributed by atoms with Gasteiger partial charge in [0.15, 0.2) is 0 Å². The van der Waals surface area contributed by atoms with Crippen LogP contribution in [0.3, 0.4) is 0 Å². The Balaban J connectivity index is 1.76. The van der Waals surface area contributed by atoms with E-state index in [1.807, 2.05) is 0 Å². The van der Waals surface area contributed by atoms with Crippen LogP contribution in [0.4, 0.5) is 0 Å². The van der Waals surface area contributed by atoms with Crippen molar-refractivity contribution in [2.45, 2.75) is 31.9 Å². The van der Waals surface area contributed by atoms with Gasteiger partial charge < -0.3 is 19.9 Å². The molecule has 0 aliphatic carbocycles. The molecule has 0 bridgehead atoms. The standard InChI is InChI=1S/C13H27N3O/c1-12-4-7-16(6-3-5-14-12)11-13-10-15(2)8-9-17-13/h12-14H,3-11H2,1-2H3. The van der Waals surface area contributed by atoms with E-state index < -0.39 is 0 Å². The smallest absolute Gasteiger partial charge is 0.0829 e. The summed E-state index contributed by atoms with van der Waals surface area (Å²) in [5.41, 5.74) is 0. The summed E-state index contributed by atoms with van der Waals surface area (Å²) in [4.78, 5) is 4.96. The first-order valence-electron chi connectivity index (χ1n) is 7.00. The maximum absolute atomic E-state index is 5.85. The highest BCUT2D eigenvalue weighted by atomic mass is 16.5. The summed E-state index contributed by atoms with van der Waals surface area (Å²) in [5, 5.41) is 3.55. The third-order valence-corrected chi connectivity index (χ3v) is 3.83. The first kappa shape index (κ1) is 13.3. The minimum absolute atomic E-state index is 0.413. The monoisotopic (exact) mass is 241 g/mol. The first-order valence-corrected chi connectivity index (χ1v) is 7.00. The molecule has 0 amide bonds. The second-order valence-corrected chi connectivity index (χ2v) is 5.55. The van der Waals surface area contributed by atoms with Gasteiger partial charge in [-0.15, -0.1) is 0 Å². The van der Waals surface area contributed by atoms with E-state index in [4.69, 9.17) is 4.74 Å². The molecule has 0 aromatic heterocycles. The Morgan fingerprint density at radius 3 is 3.00 bits per heavy atom. The molecule has 0 spiro atoms. The largest absolute Gasteiger partial charge is 0.374 e. The Morgan fingerprint density at radius 1 is 1.29 bits per heavy atom. The van der Waals surface area contributed by atoms with Gasteiger partial charge in [-0.3, -0.25) is 0 Å². The van der Waals surface area contributed by atoms with Crippen LogP contribution in [0.15, 0.2) is 0 Å². The summed E-state index contributed by atoms with van der Waals surface area (Å²) in [6.45, 7) is 10.0. The molecule has 2 atom stereocenters. The Hall–Kier alpha value is -0.160. The minimum Gasteiger partial charge on any atom is -0.374 e. The van der Waals surface area contributed by atoms with Crippen LogP contribution in [0.5, 0.6) is 0 Å². The van der Waals surface area contributed by atoms with Crippen molar-refractivity contribution < 1.29 is 4.74 Å². The average Bonchev–Trinajstić information content (AvgIpc) is 2.28.